The van der Waals surface area contributed by atoms with Crippen LogP contribution in [-0.2, 0) is 0 Å². The second-order valence-corrected chi connectivity index (χ2v) is 3.74. The Kier molecular flexibility index (Phi) is 2.72. The summed E-state index contributed by atoms with van der Waals surface area (Å²) in [5.74, 6) is 0.453. The maximum absolute atomic E-state index is 10.1. The van der Waals surface area contributed by atoms with Crippen LogP contribution in [0.4, 0.5) is 0 Å². The van der Waals surface area contributed by atoms with Crippen molar-refractivity contribution in [3.05, 3.63) is 12.7 Å². The minimum Gasteiger partial charge on any atom is -0.389 e. The van der Waals surface area contributed by atoms with Crippen LogP contribution in [0.5, 0.6) is 0 Å². The Balaban J connectivity index is 2.56. The molecular formula is C10H18O. The average Bonchev–Trinajstić information content (AvgIpc) is 1.96. The molecule has 1 fully saturated rings. The summed E-state index contributed by atoms with van der Waals surface area (Å²) in [5, 5.41) is 10.1. The van der Waals surface area contributed by atoms with Gasteiger partial charge in [-0.05, 0) is 25.2 Å². The van der Waals surface area contributed by atoms with Gasteiger partial charge < -0.3 is 5.11 Å². The molecule has 0 aromatic carbocycles. The van der Waals surface area contributed by atoms with Gasteiger partial charge in [-0.2, -0.15) is 0 Å². The monoisotopic (exact) mass is 154 g/mol. The molecule has 64 valence electrons. The summed E-state index contributed by atoms with van der Waals surface area (Å²) in [5.41, 5.74) is -0.431. The molecule has 0 aromatic heterocycles. The molecule has 1 rings (SSSR count). The third-order valence-electron chi connectivity index (χ3n) is 2.91. The lowest BCUT2D eigenvalue weighted by atomic mass is 9.75. The smallest absolute Gasteiger partial charge is 0.0707 e. The van der Waals surface area contributed by atoms with Gasteiger partial charge >= 0.3 is 0 Å². The fourth-order valence-corrected chi connectivity index (χ4v) is 1.95. The van der Waals surface area contributed by atoms with Crippen LogP contribution in [0.25, 0.3) is 0 Å². The van der Waals surface area contributed by atoms with E-state index in [-0.39, 0.29) is 0 Å². The standard InChI is InChI=1S/C10H18O/c1-3-7-10(11)8-5-4-6-9(10)2/h3,9,11H,1,4-8H2,2H3/t9-,10+/m0/s1. The van der Waals surface area contributed by atoms with Crippen molar-refractivity contribution in [1.82, 2.24) is 0 Å². The highest BCUT2D eigenvalue weighted by atomic mass is 16.3. The zero-order chi connectivity index (χ0) is 8.32. The molecule has 1 aliphatic rings. The van der Waals surface area contributed by atoms with Gasteiger partial charge in [0.2, 0.25) is 0 Å². The van der Waals surface area contributed by atoms with Gasteiger partial charge in [-0.15, -0.1) is 6.58 Å². The second kappa shape index (κ2) is 3.40. The first-order chi connectivity index (χ1) is 5.19. The van der Waals surface area contributed by atoms with Crippen LogP contribution in [0.1, 0.15) is 39.0 Å². The molecule has 0 saturated heterocycles. The van der Waals surface area contributed by atoms with Crippen molar-refractivity contribution in [2.75, 3.05) is 0 Å². The lowest BCUT2D eigenvalue weighted by Crippen LogP contribution is -2.38. The van der Waals surface area contributed by atoms with E-state index in [1.165, 1.54) is 19.3 Å². The molecule has 0 unspecified atom stereocenters. The zero-order valence-corrected chi connectivity index (χ0v) is 7.34. The Hall–Kier alpha value is -0.300. The molecule has 1 N–H and O–H groups in total. The third kappa shape index (κ3) is 1.84. The second-order valence-electron chi connectivity index (χ2n) is 3.74. The van der Waals surface area contributed by atoms with Crippen LogP contribution in [0.3, 0.4) is 0 Å². The molecule has 1 heteroatoms. The topological polar surface area (TPSA) is 20.2 Å². The minimum absolute atomic E-state index is 0.431. The predicted molar refractivity (Wildman–Crippen MR) is 47.4 cm³/mol. The molecule has 0 heterocycles. The maximum atomic E-state index is 10.1. The number of hydrogen-bond donors (Lipinski definition) is 1. The van der Waals surface area contributed by atoms with Crippen molar-refractivity contribution in [3.8, 4) is 0 Å². The molecule has 0 spiro atoms. The summed E-state index contributed by atoms with van der Waals surface area (Å²) >= 11 is 0. The van der Waals surface area contributed by atoms with E-state index in [1.807, 2.05) is 6.08 Å². The first-order valence-electron chi connectivity index (χ1n) is 4.52. The molecule has 0 aliphatic heterocycles. The van der Waals surface area contributed by atoms with Gasteiger partial charge in [0.15, 0.2) is 0 Å². The normalized spacial score (nSPS) is 38.5. The van der Waals surface area contributed by atoms with E-state index < -0.39 is 5.60 Å². The lowest BCUT2D eigenvalue weighted by Gasteiger charge is -2.37. The predicted octanol–water partition coefficient (Wildman–Crippen LogP) is 2.50. The van der Waals surface area contributed by atoms with Crippen LogP contribution in [0.2, 0.25) is 0 Å². The molecule has 0 radical (unpaired) electrons. The molecule has 2 atom stereocenters. The van der Waals surface area contributed by atoms with Gasteiger partial charge in [-0.3, -0.25) is 0 Å². The summed E-state index contributed by atoms with van der Waals surface area (Å²) < 4.78 is 0. The highest BCUT2D eigenvalue weighted by Gasteiger charge is 2.34. The molecule has 0 amide bonds. The van der Waals surface area contributed by atoms with E-state index in [2.05, 4.69) is 13.5 Å². The van der Waals surface area contributed by atoms with Gasteiger partial charge in [0.25, 0.3) is 0 Å². The van der Waals surface area contributed by atoms with Gasteiger partial charge in [-0.1, -0.05) is 25.8 Å². The van der Waals surface area contributed by atoms with Crippen molar-refractivity contribution in [2.24, 2.45) is 5.92 Å². The van der Waals surface area contributed by atoms with Crippen LogP contribution in [-0.4, -0.2) is 10.7 Å². The number of hydrogen-bond acceptors (Lipinski definition) is 1. The van der Waals surface area contributed by atoms with Crippen LogP contribution in [0.15, 0.2) is 12.7 Å². The zero-order valence-electron chi connectivity index (χ0n) is 7.34. The molecular weight excluding hydrogens is 136 g/mol. The van der Waals surface area contributed by atoms with E-state index >= 15 is 0 Å². The highest BCUT2D eigenvalue weighted by molar-refractivity contribution is 4.92. The fourth-order valence-electron chi connectivity index (χ4n) is 1.95. The Bertz CT molecular complexity index is 142. The Labute approximate surface area is 69.1 Å². The Morgan fingerprint density at radius 1 is 1.64 bits per heavy atom. The number of rotatable bonds is 2. The Morgan fingerprint density at radius 3 is 2.91 bits per heavy atom. The van der Waals surface area contributed by atoms with Crippen LogP contribution in [0, 0.1) is 5.92 Å². The van der Waals surface area contributed by atoms with E-state index in [0.29, 0.717) is 5.92 Å². The SMILES string of the molecule is C=CC[C@@]1(O)CCCC[C@@H]1C. The molecule has 1 saturated carbocycles. The van der Waals surface area contributed by atoms with E-state index in [1.54, 1.807) is 0 Å². The first kappa shape index (κ1) is 8.79. The van der Waals surface area contributed by atoms with Crippen molar-refractivity contribution in [2.45, 2.75) is 44.6 Å². The highest BCUT2D eigenvalue weighted by Crippen LogP contribution is 2.35. The molecule has 1 aliphatic carbocycles. The van der Waals surface area contributed by atoms with Crippen molar-refractivity contribution in [3.63, 3.8) is 0 Å². The van der Waals surface area contributed by atoms with Crippen molar-refractivity contribution >= 4 is 0 Å². The molecule has 1 nitrogen and oxygen atoms in total. The lowest BCUT2D eigenvalue weighted by molar-refractivity contribution is -0.0382. The summed E-state index contributed by atoms with van der Waals surface area (Å²) in [6.45, 7) is 5.82. The van der Waals surface area contributed by atoms with Crippen LogP contribution < -0.4 is 0 Å². The maximum Gasteiger partial charge on any atom is 0.0707 e. The van der Waals surface area contributed by atoms with E-state index in [4.69, 9.17) is 0 Å². The van der Waals surface area contributed by atoms with E-state index in [9.17, 15) is 5.11 Å². The van der Waals surface area contributed by atoms with Gasteiger partial charge in [0.1, 0.15) is 0 Å². The van der Waals surface area contributed by atoms with Gasteiger partial charge in [0, 0.05) is 0 Å². The van der Waals surface area contributed by atoms with Gasteiger partial charge in [0.05, 0.1) is 5.60 Å². The summed E-state index contributed by atoms with van der Waals surface area (Å²) in [7, 11) is 0. The fraction of sp³-hybridized carbons (Fsp3) is 0.800. The summed E-state index contributed by atoms with van der Waals surface area (Å²) in [6.07, 6.45) is 7.18. The quantitative estimate of drug-likeness (QED) is 0.606. The molecule has 0 bridgehead atoms. The summed E-state index contributed by atoms with van der Waals surface area (Å²) in [6, 6.07) is 0. The number of aliphatic hydroxyl groups is 1. The molecule has 0 aromatic rings. The minimum atomic E-state index is -0.431. The third-order valence-corrected chi connectivity index (χ3v) is 2.91. The Morgan fingerprint density at radius 2 is 2.36 bits per heavy atom. The van der Waals surface area contributed by atoms with Gasteiger partial charge in [-0.25, -0.2) is 0 Å². The van der Waals surface area contributed by atoms with Crippen molar-refractivity contribution in [1.29, 1.82) is 0 Å². The van der Waals surface area contributed by atoms with Crippen molar-refractivity contribution < 1.29 is 5.11 Å². The first-order valence-corrected chi connectivity index (χ1v) is 4.52. The molecule has 11 heavy (non-hydrogen) atoms. The van der Waals surface area contributed by atoms with Crippen LogP contribution >= 0.6 is 0 Å². The summed E-state index contributed by atoms with van der Waals surface area (Å²) in [4.78, 5) is 0. The average molecular weight is 154 g/mol. The van der Waals surface area contributed by atoms with E-state index in [0.717, 1.165) is 12.8 Å². The largest absolute Gasteiger partial charge is 0.389 e.